The van der Waals surface area contributed by atoms with Gasteiger partial charge >= 0.3 is 0 Å². The van der Waals surface area contributed by atoms with Crippen LogP contribution in [0.25, 0.3) is 0 Å². The summed E-state index contributed by atoms with van der Waals surface area (Å²) >= 11 is 11.3. The van der Waals surface area contributed by atoms with Gasteiger partial charge in [-0.25, -0.2) is 17.5 Å². The van der Waals surface area contributed by atoms with Crippen molar-refractivity contribution < 1.29 is 12.8 Å². The molecule has 0 aliphatic carbocycles. The van der Waals surface area contributed by atoms with Gasteiger partial charge in [-0.15, -0.1) is 0 Å². The molecule has 0 amide bonds. The van der Waals surface area contributed by atoms with E-state index in [0.29, 0.717) is 6.54 Å². The average molecular weight is 341 g/mol. The van der Waals surface area contributed by atoms with Gasteiger partial charge in [0.2, 0.25) is 10.0 Å². The fraction of sp³-hybridized carbons (Fsp3) is 0.500. The lowest BCUT2D eigenvalue weighted by molar-refractivity contribution is 0.327. The molecule has 1 aromatic rings. The standard InChI is InChI=1S/C12H15Cl2FN2O2S/c1-7-4-5-16-6-9(7)17-20(18,19)10-3-2-8(13)12(15)11(10)14/h2-3,7,9,16-17H,4-6H2,1H3. The number of benzene rings is 1. The Balaban J connectivity index is 2.29. The summed E-state index contributed by atoms with van der Waals surface area (Å²) in [6.07, 6.45) is 0.871. The molecule has 2 unspecified atom stereocenters. The van der Waals surface area contributed by atoms with Crippen LogP contribution in [0.5, 0.6) is 0 Å². The number of hydrogen-bond donors (Lipinski definition) is 2. The van der Waals surface area contributed by atoms with E-state index in [9.17, 15) is 12.8 Å². The van der Waals surface area contributed by atoms with Crippen molar-refractivity contribution in [2.45, 2.75) is 24.3 Å². The highest BCUT2D eigenvalue weighted by Gasteiger charge is 2.29. The molecule has 1 aliphatic heterocycles. The number of hydrogen-bond acceptors (Lipinski definition) is 3. The van der Waals surface area contributed by atoms with E-state index in [1.54, 1.807) is 0 Å². The lowest BCUT2D eigenvalue weighted by Crippen LogP contribution is -2.50. The molecule has 2 N–H and O–H groups in total. The summed E-state index contributed by atoms with van der Waals surface area (Å²) in [5.74, 6) is -0.729. The molecule has 2 atom stereocenters. The Morgan fingerprint density at radius 3 is 2.75 bits per heavy atom. The van der Waals surface area contributed by atoms with Crippen LogP contribution in [0.4, 0.5) is 4.39 Å². The number of sulfonamides is 1. The highest BCUT2D eigenvalue weighted by atomic mass is 35.5. The van der Waals surface area contributed by atoms with Gasteiger partial charge in [-0.1, -0.05) is 30.1 Å². The number of piperidine rings is 1. The molecule has 112 valence electrons. The van der Waals surface area contributed by atoms with E-state index in [4.69, 9.17) is 23.2 Å². The summed E-state index contributed by atoms with van der Waals surface area (Å²) in [6.45, 7) is 3.36. The molecule has 0 bridgehead atoms. The lowest BCUT2D eigenvalue weighted by atomic mass is 9.96. The summed E-state index contributed by atoms with van der Waals surface area (Å²) in [5.41, 5.74) is 0. The summed E-state index contributed by atoms with van der Waals surface area (Å²) in [4.78, 5) is -0.293. The van der Waals surface area contributed by atoms with Gasteiger partial charge < -0.3 is 5.32 Å². The molecular weight excluding hydrogens is 326 g/mol. The van der Waals surface area contributed by atoms with Crippen molar-refractivity contribution in [1.29, 1.82) is 0 Å². The Morgan fingerprint density at radius 1 is 1.40 bits per heavy atom. The third-order valence-corrected chi connectivity index (χ3v) is 5.73. The van der Waals surface area contributed by atoms with E-state index in [-0.39, 0.29) is 21.9 Å². The predicted octanol–water partition coefficient (Wildman–Crippen LogP) is 2.41. The van der Waals surface area contributed by atoms with Gasteiger partial charge in [0, 0.05) is 12.6 Å². The first-order chi connectivity index (χ1) is 9.33. The molecule has 0 spiro atoms. The maximum atomic E-state index is 13.6. The van der Waals surface area contributed by atoms with Gasteiger partial charge in [0.1, 0.15) is 4.90 Å². The molecular formula is C12H15Cl2FN2O2S. The molecule has 4 nitrogen and oxygen atoms in total. The third kappa shape index (κ3) is 3.26. The Bertz CT molecular complexity index is 610. The highest BCUT2D eigenvalue weighted by molar-refractivity contribution is 7.89. The van der Waals surface area contributed by atoms with Gasteiger partial charge in [-0.2, -0.15) is 0 Å². The molecule has 0 saturated carbocycles. The molecule has 20 heavy (non-hydrogen) atoms. The van der Waals surface area contributed by atoms with Gasteiger partial charge in [0.15, 0.2) is 5.82 Å². The zero-order chi connectivity index (χ0) is 14.9. The Morgan fingerprint density at radius 2 is 2.10 bits per heavy atom. The topological polar surface area (TPSA) is 58.2 Å². The van der Waals surface area contributed by atoms with Crippen LogP contribution in [-0.2, 0) is 10.0 Å². The number of halogens is 3. The molecule has 0 aromatic heterocycles. The van der Waals surface area contributed by atoms with Crippen molar-refractivity contribution in [3.05, 3.63) is 28.0 Å². The van der Waals surface area contributed by atoms with Gasteiger partial charge in [-0.3, -0.25) is 0 Å². The molecule has 8 heteroatoms. The van der Waals surface area contributed by atoms with Crippen LogP contribution in [0.2, 0.25) is 10.0 Å². The third-order valence-electron chi connectivity index (χ3n) is 3.42. The molecule has 1 saturated heterocycles. The SMILES string of the molecule is CC1CCNCC1NS(=O)(=O)c1ccc(Cl)c(F)c1Cl. The average Bonchev–Trinajstić information content (AvgIpc) is 2.38. The Kier molecular flexibility index (Phi) is 4.92. The Hall–Kier alpha value is -0.400. The first kappa shape index (κ1) is 16.0. The smallest absolute Gasteiger partial charge is 0.242 e. The second kappa shape index (κ2) is 6.15. The summed E-state index contributed by atoms with van der Waals surface area (Å²) in [7, 11) is -3.88. The summed E-state index contributed by atoms with van der Waals surface area (Å²) in [6, 6.07) is 2.14. The fourth-order valence-electron chi connectivity index (χ4n) is 2.13. The number of nitrogens with one attached hydrogen (secondary N) is 2. The van der Waals surface area contributed by atoms with Crippen molar-refractivity contribution in [3.8, 4) is 0 Å². The molecule has 1 fully saturated rings. The largest absolute Gasteiger partial charge is 0.315 e. The quantitative estimate of drug-likeness (QED) is 0.830. The van der Waals surface area contributed by atoms with E-state index in [2.05, 4.69) is 10.0 Å². The first-order valence-corrected chi connectivity index (χ1v) is 8.43. The molecule has 2 rings (SSSR count). The summed E-state index contributed by atoms with van der Waals surface area (Å²) in [5, 5.41) is 2.43. The van der Waals surface area contributed by atoms with Crippen molar-refractivity contribution >= 4 is 33.2 Å². The van der Waals surface area contributed by atoms with Gasteiger partial charge in [0.25, 0.3) is 0 Å². The lowest BCUT2D eigenvalue weighted by Gasteiger charge is -2.30. The van der Waals surface area contributed by atoms with E-state index >= 15 is 0 Å². The Labute approximate surface area is 127 Å². The van der Waals surface area contributed by atoms with Crippen molar-refractivity contribution in [2.24, 2.45) is 5.92 Å². The minimum Gasteiger partial charge on any atom is -0.315 e. The van der Waals surface area contributed by atoms with Crippen LogP contribution >= 0.6 is 23.2 Å². The van der Waals surface area contributed by atoms with Crippen LogP contribution in [0.3, 0.4) is 0 Å². The minimum atomic E-state index is -3.88. The maximum absolute atomic E-state index is 13.6. The number of rotatable bonds is 3. The summed E-state index contributed by atoms with van der Waals surface area (Å²) < 4.78 is 40.8. The monoisotopic (exact) mass is 340 g/mol. The second-order valence-electron chi connectivity index (χ2n) is 4.87. The highest BCUT2D eigenvalue weighted by Crippen LogP contribution is 2.29. The maximum Gasteiger partial charge on any atom is 0.242 e. The molecule has 1 heterocycles. The van der Waals surface area contributed by atoms with E-state index in [0.717, 1.165) is 13.0 Å². The van der Waals surface area contributed by atoms with E-state index in [1.165, 1.54) is 12.1 Å². The second-order valence-corrected chi connectivity index (χ2v) is 7.34. The van der Waals surface area contributed by atoms with Crippen LogP contribution in [0.15, 0.2) is 17.0 Å². The van der Waals surface area contributed by atoms with Crippen molar-refractivity contribution in [3.63, 3.8) is 0 Å². The fourth-order valence-corrected chi connectivity index (χ4v) is 4.22. The van der Waals surface area contributed by atoms with Crippen LogP contribution in [-0.4, -0.2) is 27.5 Å². The molecule has 1 aromatic carbocycles. The minimum absolute atomic E-state index is 0.196. The normalized spacial score (nSPS) is 23.8. The van der Waals surface area contributed by atoms with E-state index < -0.39 is 20.9 Å². The zero-order valence-electron chi connectivity index (χ0n) is 10.8. The predicted molar refractivity (Wildman–Crippen MR) is 77.2 cm³/mol. The van der Waals surface area contributed by atoms with Gasteiger partial charge in [0.05, 0.1) is 10.0 Å². The van der Waals surface area contributed by atoms with Crippen LogP contribution in [0.1, 0.15) is 13.3 Å². The molecule has 0 radical (unpaired) electrons. The van der Waals surface area contributed by atoms with Crippen LogP contribution in [0, 0.1) is 11.7 Å². The molecule has 1 aliphatic rings. The van der Waals surface area contributed by atoms with Crippen molar-refractivity contribution in [1.82, 2.24) is 10.0 Å². The first-order valence-electron chi connectivity index (χ1n) is 6.19. The van der Waals surface area contributed by atoms with Crippen LogP contribution < -0.4 is 10.0 Å². The van der Waals surface area contributed by atoms with Crippen molar-refractivity contribution in [2.75, 3.05) is 13.1 Å². The van der Waals surface area contributed by atoms with E-state index in [1.807, 2.05) is 6.92 Å². The van der Waals surface area contributed by atoms with Gasteiger partial charge in [-0.05, 0) is 31.0 Å². The zero-order valence-corrected chi connectivity index (χ0v) is 13.1.